The maximum Gasteiger partial charge on any atom is 0.192 e. The maximum atomic E-state index is 6.72. The minimum absolute atomic E-state index is 0.0664. The number of hydrogen-bond acceptors (Lipinski definition) is 2. The molecule has 3 heteroatoms. The molecule has 2 nitrogen and oxygen atoms in total. The highest BCUT2D eigenvalue weighted by atomic mass is 28.4. The third-order valence-corrected chi connectivity index (χ3v) is 10.1. The molecule has 2 atom stereocenters. The summed E-state index contributed by atoms with van der Waals surface area (Å²) in [7, 11) is -1.84. The molecular weight excluding hydrogens is 324 g/mol. The van der Waals surface area contributed by atoms with E-state index in [0.29, 0.717) is 6.61 Å². The van der Waals surface area contributed by atoms with Crippen LogP contribution in [0, 0.1) is 5.92 Å². The highest BCUT2D eigenvalue weighted by molar-refractivity contribution is 6.74. The van der Waals surface area contributed by atoms with Gasteiger partial charge in [0.05, 0.1) is 18.3 Å². The Morgan fingerprint density at radius 1 is 1.04 bits per heavy atom. The summed E-state index contributed by atoms with van der Waals surface area (Å²) in [4.78, 5) is 0. The largest absolute Gasteiger partial charge is 0.410 e. The minimum atomic E-state index is -1.84. The van der Waals surface area contributed by atoms with Gasteiger partial charge in [-0.05, 0) is 44.5 Å². The Morgan fingerprint density at radius 3 is 2.08 bits per heavy atom. The van der Waals surface area contributed by atoms with Crippen molar-refractivity contribution in [1.29, 1.82) is 0 Å². The summed E-state index contributed by atoms with van der Waals surface area (Å²) in [6.45, 7) is 20.8. The lowest BCUT2D eigenvalue weighted by atomic mass is 9.87. The van der Waals surface area contributed by atoms with E-state index in [2.05, 4.69) is 98.0 Å². The lowest BCUT2D eigenvalue weighted by Gasteiger charge is -2.43. The monoisotopic (exact) mass is 362 g/mol. The van der Waals surface area contributed by atoms with Crippen molar-refractivity contribution in [2.24, 2.45) is 5.92 Å². The van der Waals surface area contributed by atoms with Gasteiger partial charge in [-0.2, -0.15) is 0 Å². The van der Waals surface area contributed by atoms with E-state index in [-0.39, 0.29) is 22.7 Å². The number of rotatable bonds is 8. The van der Waals surface area contributed by atoms with Crippen LogP contribution in [-0.4, -0.2) is 20.0 Å². The van der Waals surface area contributed by atoms with Crippen LogP contribution in [0.15, 0.2) is 42.5 Å². The molecule has 0 heterocycles. The van der Waals surface area contributed by atoms with Gasteiger partial charge < -0.3 is 9.16 Å². The summed E-state index contributed by atoms with van der Waals surface area (Å²) in [6, 6.07) is 10.4. The van der Waals surface area contributed by atoms with E-state index in [9.17, 15) is 0 Å². The van der Waals surface area contributed by atoms with Crippen LogP contribution in [0.2, 0.25) is 18.1 Å². The Labute approximate surface area is 156 Å². The Balaban J connectivity index is 2.87. The van der Waals surface area contributed by atoms with E-state index in [1.165, 1.54) is 5.56 Å². The van der Waals surface area contributed by atoms with Crippen LogP contribution < -0.4 is 0 Å². The van der Waals surface area contributed by atoms with Gasteiger partial charge >= 0.3 is 0 Å². The molecule has 1 aromatic carbocycles. The molecule has 0 radical (unpaired) electrons. The van der Waals surface area contributed by atoms with E-state index in [4.69, 9.17) is 9.16 Å². The Kier molecular flexibility index (Phi) is 7.66. The molecule has 0 saturated heterocycles. The molecular formula is C22H38O2Si. The van der Waals surface area contributed by atoms with Crippen LogP contribution in [0.1, 0.15) is 54.0 Å². The van der Waals surface area contributed by atoms with Crippen molar-refractivity contribution in [3.8, 4) is 0 Å². The summed E-state index contributed by atoms with van der Waals surface area (Å²) < 4.78 is 13.0. The molecule has 0 saturated carbocycles. The summed E-state index contributed by atoms with van der Waals surface area (Å²) >= 11 is 0. The van der Waals surface area contributed by atoms with Crippen molar-refractivity contribution in [2.45, 2.75) is 84.9 Å². The first-order chi connectivity index (χ1) is 11.4. The Morgan fingerprint density at radius 2 is 1.60 bits per heavy atom. The average Bonchev–Trinajstić information content (AvgIpc) is 2.51. The number of hydrogen-bond donors (Lipinski definition) is 0. The molecule has 0 amide bonds. The minimum Gasteiger partial charge on any atom is -0.410 e. The molecule has 1 aromatic rings. The molecule has 0 N–H and O–H groups in total. The van der Waals surface area contributed by atoms with Gasteiger partial charge in [-0.1, -0.05) is 70.2 Å². The quantitative estimate of drug-likeness (QED) is 0.384. The second-order valence-electron chi connectivity index (χ2n) is 9.03. The molecule has 1 rings (SSSR count). The van der Waals surface area contributed by atoms with Gasteiger partial charge in [-0.25, -0.2) is 0 Å². The molecule has 0 aromatic heterocycles. The number of ether oxygens (including phenoxy) is 1. The van der Waals surface area contributed by atoms with Gasteiger partial charge in [-0.3, -0.25) is 0 Å². The number of allylic oxidation sites excluding steroid dienone is 1. The fourth-order valence-corrected chi connectivity index (χ4v) is 3.70. The third-order valence-electron chi connectivity index (χ3n) is 5.66. The van der Waals surface area contributed by atoms with Crippen molar-refractivity contribution < 1.29 is 9.16 Å². The Bertz CT molecular complexity index is 541. The van der Waals surface area contributed by atoms with Gasteiger partial charge in [0.2, 0.25) is 0 Å². The predicted octanol–water partition coefficient (Wildman–Crippen LogP) is 6.58. The summed E-state index contributed by atoms with van der Waals surface area (Å²) in [5.41, 5.74) is 0.929. The van der Waals surface area contributed by atoms with E-state index >= 15 is 0 Å². The summed E-state index contributed by atoms with van der Waals surface area (Å²) in [5.74, 6) is 0.251. The lowest BCUT2D eigenvalue weighted by molar-refractivity contribution is -0.0882. The normalized spacial score (nSPS) is 16.2. The fraction of sp³-hybridized carbons (Fsp3) is 0.636. The first-order valence-corrected chi connectivity index (χ1v) is 12.3. The second-order valence-corrected chi connectivity index (χ2v) is 13.8. The zero-order chi connectivity index (χ0) is 19.3. The molecule has 0 fully saturated rings. The van der Waals surface area contributed by atoms with E-state index in [1.807, 2.05) is 6.07 Å². The molecule has 0 aliphatic heterocycles. The predicted molar refractivity (Wildman–Crippen MR) is 111 cm³/mol. The van der Waals surface area contributed by atoms with Crippen molar-refractivity contribution in [3.05, 3.63) is 48.0 Å². The zero-order valence-electron chi connectivity index (χ0n) is 17.7. The van der Waals surface area contributed by atoms with Crippen molar-refractivity contribution in [3.63, 3.8) is 0 Å². The van der Waals surface area contributed by atoms with Gasteiger partial charge in [0.1, 0.15) is 0 Å². The van der Waals surface area contributed by atoms with Crippen LogP contribution in [-0.2, 0) is 15.8 Å². The lowest BCUT2D eigenvalue weighted by Crippen LogP contribution is -2.49. The maximum absolute atomic E-state index is 6.72. The smallest absolute Gasteiger partial charge is 0.192 e. The molecule has 25 heavy (non-hydrogen) atoms. The Hall–Kier alpha value is -0.903. The first-order valence-electron chi connectivity index (χ1n) is 9.39. The fourth-order valence-electron chi connectivity index (χ4n) is 2.39. The summed E-state index contributed by atoms with van der Waals surface area (Å²) in [5, 5.41) is 0.196. The highest BCUT2D eigenvalue weighted by Crippen LogP contribution is 2.39. The van der Waals surface area contributed by atoms with E-state index < -0.39 is 8.32 Å². The van der Waals surface area contributed by atoms with Gasteiger partial charge in [-0.15, -0.1) is 0 Å². The molecule has 0 unspecified atom stereocenters. The van der Waals surface area contributed by atoms with Gasteiger partial charge in [0.25, 0.3) is 0 Å². The van der Waals surface area contributed by atoms with Gasteiger partial charge in [0, 0.05) is 5.92 Å². The average molecular weight is 363 g/mol. The topological polar surface area (TPSA) is 18.5 Å². The molecule has 0 aliphatic carbocycles. The molecule has 0 bridgehead atoms. The van der Waals surface area contributed by atoms with E-state index in [1.54, 1.807) is 0 Å². The first kappa shape index (κ1) is 22.1. The van der Waals surface area contributed by atoms with Crippen molar-refractivity contribution >= 4 is 8.32 Å². The van der Waals surface area contributed by atoms with Crippen molar-refractivity contribution in [1.82, 2.24) is 0 Å². The zero-order valence-corrected chi connectivity index (χ0v) is 18.7. The molecule has 0 spiro atoms. The van der Waals surface area contributed by atoms with Gasteiger partial charge in [0.15, 0.2) is 8.32 Å². The third kappa shape index (κ3) is 6.39. The van der Waals surface area contributed by atoms with Crippen LogP contribution in [0.25, 0.3) is 0 Å². The number of benzene rings is 1. The second kappa shape index (κ2) is 8.66. The molecule has 142 valence electrons. The van der Waals surface area contributed by atoms with E-state index in [0.717, 1.165) is 0 Å². The van der Waals surface area contributed by atoms with Crippen molar-refractivity contribution in [2.75, 3.05) is 0 Å². The molecule has 0 aliphatic rings. The van der Waals surface area contributed by atoms with Crippen LogP contribution in [0.5, 0.6) is 0 Å². The highest BCUT2D eigenvalue weighted by Gasteiger charge is 2.42. The standard InChI is InChI=1S/C22H38O2Si/c1-10-14-20(24-25(8,9)21(3,4)5)18(2)22(6,7)23-17-19-15-12-11-13-16-19/h10-16,18,20H,17H2,1-9H3/b14-10+/t18-,20-/m0/s1. The SMILES string of the molecule is C/C=C/[C@H](O[Si](C)(C)C(C)(C)C)[C@H](C)C(C)(C)OCc1ccccc1. The van der Waals surface area contributed by atoms with Crippen LogP contribution in [0.4, 0.5) is 0 Å². The van der Waals surface area contributed by atoms with Crippen LogP contribution in [0.3, 0.4) is 0 Å². The summed E-state index contributed by atoms with van der Waals surface area (Å²) in [6.07, 6.45) is 4.36. The van der Waals surface area contributed by atoms with Crippen LogP contribution >= 0.6 is 0 Å².